The van der Waals surface area contributed by atoms with E-state index >= 15 is 0 Å². The van der Waals surface area contributed by atoms with Gasteiger partial charge in [-0.25, -0.2) is 0 Å². The maximum Gasteiger partial charge on any atom is 0.311 e. The average Bonchev–Trinajstić information content (AvgIpc) is 3.29. The van der Waals surface area contributed by atoms with Gasteiger partial charge in [-0.05, 0) is 78.6 Å². The number of rotatable bonds is 8. The molecule has 1 fully saturated rings. The summed E-state index contributed by atoms with van der Waals surface area (Å²) in [5.74, 6) is -0.709. The second-order valence-corrected chi connectivity index (χ2v) is 10.6. The second kappa shape index (κ2) is 11.5. The van der Waals surface area contributed by atoms with Crippen LogP contribution in [-0.4, -0.2) is 36.7 Å². The van der Waals surface area contributed by atoms with Gasteiger partial charge in [0.05, 0.1) is 5.92 Å². The van der Waals surface area contributed by atoms with E-state index in [9.17, 15) is 19.2 Å². The highest BCUT2D eigenvalue weighted by Gasteiger charge is 2.36. The van der Waals surface area contributed by atoms with E-state index in [2.05, 4.69) is 26.1 Å². The molecule has 8 heteroatoms. The number of ether oxygens (including phenoxy) is 2. The van der Waals surface area contributed by atoms with Crippen LogP contribution in [0.25, 0.3) is 0 Å². The van der Waals surface area contributed by atoms with Crippen LogP contribution < -0.4 is 15.0 Å². The Morgan fingerprint density at radius 3 is 2.05 bits per heavy atom. The van der Waals surface area contributed by atoms with Gasteiger partial charge in [0.1, 0.15) is 11.5 Å². The summed E-state index contributed by atoms with van der Waals surface area (Å²) in [7, 11) is 0. The average molecular weight is 529 g/mol. The lowest BCUT2D eigenvalue weighted by atomic mass is 9.87. The Morgan fingerprint density at radius 1 is 0.897 bits per heavy atom. The summed E-state index contributed by atoms with van der Waals surface area (Å²) in [4.78, 5) is 50.2. The molecule has 202 valence electrons. The van der Waals surface area contributed by atoms with Crippen molar-refractivity contribution in [2.24, 2.45) is 5.92 Å². The highest BCUT2D eigenvalue weighted by molar-refractivity contribution is 6.00. The fourth-order valence-electron chi connectivity index (χ4n) is 4.21. The molecule has 1 saturated heterocycles. The van der Waals surface area contributed by atoms with Gasteiger partial charge in [-0.1, -0.05) is 32.9 Å². The van der Waals surface area contributed by atoms with E-state index in [1.54, 1.807) is 48.5 Å². The van der Waals surface area contributed by atoms with Crippen LogP contribution in [0.3, 0.4) is 0 Å². The first-order valence-electron chi connectivity index (χ1n) is 12.8. The smallest absolute Gasteiger partial charge is 0.311 e. The Morgan fingerprint density at radius 2 is 1.49 bits per heavy atom. The molecule has 1 heterocycles. The maximum absolute atomic E-state index is 12.6. The maximum atomic E-state index is 12.6. The summed E-state index contributed by atoms with van der Waals surface area (Å²) >= 11 is 0. The first-order chi connectivity index (χ1) is 18.5. The van der Waals surface area contributed by atoms with Crippen LogP contribution in [0.1, 0.15) is 50.0 Å². The quantitative estimate of drug-likeness (QED) is 0.305. The number of anilines is 2. The molecule has 0 bridgehead atoms. The zero-order chi connectivity index (χ0) is 28.2. The van der Waals surface area contributed by atoms with Gasteiger partial charge in [0, 0.05) is 29.9 Å². The Kier molecular flexibility index (Phi) is 8.14. The summed E-state index contributed by atoms with van der Waals surface area (Å²) < 4.78 is 11.1. The number of esters is 1. The van der Waals surface area contributed by atoms with Gasteiger partial charge in [-0.2, -0.15) is 0 Å². The number of ketones is 1. The van der Waals surface area contributed by atoms with Crippen molar-refractivity contribution in [1.82, 2.24) is 0 Å². The molecule has 2 amide bonds. The van der Waals surface area contributed by atoms with Crippen LogP contribution in [0, 0.1) is 5.92 Å². The lowest BCUT2D eigenvalue weighted by molar-refractivity contribution is -0.151. The standard InChI is InChI=1S/C31H32N2O6/c1-20(34)21-5-9-24(10-6-21)32-28(35)19-38-30(37)22-17-29(36)33(18-22)25-11-15-27(16-12-25)39-26-13-7-23(8-14-26)31(2,3)4/h5-16,22H,17-19H2,1-4H3,(H,32,35)/t22-/m1/s1. The van der Waals surface area contributed by atoms with Gasteiger partial charge >= 0.3 is 5.97 Å². The zero-order valence-corrected chi connectivity index (χ0v) is 22.5. The van der Waals surface area contributed by atoms with Gasteiger partial charge in [-0.3, -0.25) is 19.2 Å². The molecule has 3 aromatic rings. The summed E-state index contributed by atoms with van der Waals surface area (Å²) in [5, 5.41) is 2.61. The predicted octanol–water partition coefficient (Wildman–Crippen LogP) is 5.51. The fraction of sp³-hybridized carbons (Fsp3) is 0.290. The molecule has 0 aromatic heterocycles. The third-order valence-corrected chi connectivity index (χ3v) is 6.48. The third kappa shape index (κ3) is 7.10. The molecule has 1 aliphatic heterocycles. The van der Waals surface area contributed by atoms with E-state index in [4.69, 9.17) is 9.47 Å². The first kappa shape index (κ1) is 27.6. The molecule has 0 saturated carbocycles. The van der Waals surface area contributed by atoms with Crippen molar-refractivity contribution in [3.05, 3.63) is 83.9 Å². The highest BCUT2D eigenvalue weighted by atomic mass is 16.5. The second-order valence-electron chi connectivity index (χ2n) is 10.6. The van der Waals surface area contributed by atoms with E-state index in [0.29, 0.717) is 28.4 Å². The van der Waals surface area contributed by atoms with Gasteiger partial charge in [-0.15, -0.1) is 0 Å². The summed E-state index contributed by atoms with van der Waals surface area (Å²) in [5.41, 5.74) is 2.94. The minimum atomic E-state index is -0.669. The van der Waals surface area contributed by atoms with Gasteiger partial charge in [0.15, 0.2) is 12.4 Å². The largest absolute Gasteiger partial charge is 0.457 e. The molecule has 0 unspecified atom stereocenters. The number of hydrogen-bond donors (Lipinski definition) is 1. The van der Waals surface area contributed by atoms with Crippen molar-refractivity contribution < 1.29 is 28.7 Å². The number of hydrogen-bond acceptors (Lipinski definition) is 6. The minimum absolute atomic E-state index is 0.00530. The SMILES string of the molecule is CC(=O)c1ccc(NC(=O)COC(=O)[C@@H]2CC(=O)N(c3ccc(Oc4ccc(C(C)(C)C)cc4)cc3)C2)cc1. The molecular formula is C31H32N2O6. The number of nitrogens with one attached hydrogen (secondary N) is 1. The molecule has 0 radical (unpaired) electrons. The normalized spacial score (nSPS) is 15.1. The number of Topliss-reactive ketones (excluding diaryl/α,β-unsaturated/α-hetero) is 1. The molecule has 4 rings (SSSR count). The van der Waals surface area contributed by atoms with Crippen molar-refractivity contribution in [2.75, 3.05) is 23.4 Å². The van der Waals surface area contributed by atoms with E-state index in [-0.39, 0.29) is 30.1 Å². The Labute approximate surface area is 227 Å². The van der Waals surface area contributed by atoms with Crippen LogP contribution >= 0.6 is 0 Å². The molecule has 1 atom stereocenters. The van der Waals surface area contributed by atoms with Crippen LogP contribution in [0.4, 0.5) is 11.4 Å². The van der Waals surface area contributed by atoms with Crippen LogP contribution in [0.15, 0.2) is 72.8 Å². The monoisotopic (exact) mass is 528 g/mol. The number of carbonyl (C=O) groups excluding carboxylic acids is 4. The molecular weight excluding hydrogens is 496 g/mol. The minimum Gasteiger partial charge on any atom is -0.457 e. The zero-order valence-electron chi connectivity index (χ0n) is 22.5. The van der Waals surface area contributed by atoms with E-state index in [0.717, 1.165) is 0 Å². The molecule has 3 aromatic carbocycles. The van der Waals surface area contributed by atoms with Crippen molar-refractivity contribution in [3.63, 3.8) is 0 Å². The van der Waals surface area contributed by atoms with Crippen LogP contribution in [-0.2, 0) is 24.5 Å². The van der Waals surface area contributed by atoms with E-state index in [1.807, 2.05) is 24.3 Å². The van der Waals surface area contributed by atoms with E-state index < -0.39 is 24.4 Å². The lowest BCUT2D eigenvalue weighted by Gasteiger charge is -2.19. The number of carbonyl (C=O) groups is 4. The number of nitrogens with zero attached hydrogens (tertiary/aromatic N) is 1. The Hall–Kier alpha value is -4.46. The summed E-state index contributed by atoms with van der Waals surface area (Å²) in [6, 6.07) is 21.5. The van der Waals surface area contributed by atoms with Crippen LogP contribution in [0.5, 0.6) is 11.5 Å². The molecule has 1 aliphatic rings. The summed E-state index contributed by atoms with van der Waals surface area (Å²) in [6.45, 7) is 7.62. The Bertz CT molecular complexity index is 1360. The molecule has 8 nitrogen and oxygen atoms in total. The first-order valence-corrected chi connectivity index (χ1v) is 12.8. The van der Waals surface area contributed by atoms with Crippen molar-refractivity contribution in [1.29, 1.82) is 0 Å². The van der Waals surface area contributed by atoms with Gasteiger partial charge in [0.25, 0.3) is 5.91 Å². The molecule has 39 heavy (non-hydrogen) atoms. The van der Waals surface area contributed by atoms with Crippen molar-refractivity contribution >= 4 is 34.9 Å². The van der Waals surface area contributed by atoms with E-state index in [1.165, 1.54) is 17.4 Å². The molecule has 0 spiro atoms. The summed E-state index contributed by atoms with van der Waals surface area (Å²) in [6.07, 6.45) is 0.00530. The number of benzene rings is 3. The van der Waals surface area contributed by atoms with Crippen molar-refractivity contribution in [2.45, 2.75) is 39.5 Å². The van der Waals surface area contributed by atoms with Gasteiger partial charge < -0.3 is 19.7 Å². The fourth-order valence-corrected chi connectivity index (χ4v) is 4.21. The van der Waals surface area contributed by atoms with Gasteiger partial charge in [0.2, 0.25) is 5.91 Å². The highest BCUT2D eigenvalue weighted by Crippen LogP contribution is 2.30. The predicted molar refractivity (Wildman–Crippen MR) is 148 cm³/mol. The van der Waals surface area contributed by atoms with Crippen molar-refractivity contribution in [3.8, 4) is 11.5 Å². The molecule has 1 N–H and O–H groups in total. The lowest BCUT2D eigenvalue weighted by Crippen LogP contribution is -2.28. The number of amides is 2. The topological polar surface area (TPSA) is 102 Å². The Balaban J connectivity index is 1.27. The molecule has 0 aliphatic carbocycles. The van der Waals surface area contributed by atoms with Crippen LogP contribution in [0.2, 0.25) is 0 Å². The third-order valence-electron chi connectivity index (χ3n) is 6.48.